The molecule has 126 valence electrons. The van der Waals surface area contributed by atoms with Crippen molar-refractivity contribution in [3.8, 4) is 0 Å². The first-order valence-electron chi connectivity index (χ1n) is 8.00. The number of benzene rings is 1. The number of nitrogens with zero attached hydrogens (tertiary/aromatic N) is 2. The summed E-state index contributed by atoms with van der Waals surface area (Å²) < 4.78 is 0. The van der Waals surface area contributed by atoms with Gasteiger partial charge in [-0.15, -0.1) is 0 Å². The Morgan fingerprint density at radius 3 is 2.96 bits per heavy atom. The van der Waals surface area contributed by atoms with Crippen LogP contribution in [0.5, 0.6) is 0 Å². The van der Waals surface area contributed by atoms with E-state index in [2.05, 4.69) is 17.2 Å². The molecule has 4 nitrogen and oxygen atoms in total. The van der Waals surface area contributed by atoms with E-state index >= 15 is 0 Å². The monoisotopic (exact) mass is 363 g/mol. The van der Waals surface area contributed by atoms with Crippen molar-refractivity contribution in [2.45, 2.75) is 19.8 Å². The molecule has 0 aliphatic carbocycles. The zero-order chi connectivity index (χ0) is 17.1. The lowest BCUT2D eigenvalue weighted by Gasteiger charge is -2.31. The quantitative estimate of drug-likeness (QED) is 0.833. The Labute approximate surface area is 151 Å². The summed E-state index contributed by atoms with van der Waals surface area (Å²) in [7, 11) is 0. The van der Waals surface area contributed by atoms with Gasteiger partial charge in [-0.3, -0.25) is 9.78 Å². The number of nitrogens with one attached hydrogen (secondary N) is 1. The minimum absolute atomic E-state index is 0.0230. The zero-order valence-corrected chi connectivity index (χ0v) is 14.9. The van der Waals surface area contributed by atoms with Crippen LogP contribution >= 0.6 is 23.2 Å². The molecule has 1 aromatic heterocycles. The van der Waals surface area contributed by atoms with Gasteiger partial charge in [0.15, 0.2) is 0 Å². The van der Waals surface area contributed by atoms with Gasteiger partial charge in [0, 0.05) is 19.3 Å². The molecule has 2 heterocycles. The van der Waals surface area contributed by atoms with Gasteiger partial charge >= 0.3 is 0 Å². The van der Waals surface area contributed by atoms with Crippen LogP contribution < -0.4 is 5.32 Å². The molecule has 0 spiro atoms. The van der Waals surface area contributed by atoms with E-state index in [0.717, 1.165) is 19.5 Å². The van der Waals surface area contributed by atoms with Gasteiger partial charge in [-0.05, 0) is 37.0 Å². The summed E-state index contributed by atoms with van der Waals surface area (Å²) >= 11 is 12.2. The SMILES string of the molecule is CC1CCCN(C(=O)c2cncc(Nc3cccc(Cl)c3Cl)c2)C1. The maximum Gasteiger partial charge on any atom is 0.255 e. The third-order valence-corrected chi connectivity index (χ3v) is 4.98. The summed E-state index contributed by atoms with van der Waals surface area (Å²) in [5, 5.41) is 4.09. The average Bonchev–Trinajstić information content (AvgIpc) is 2.58. The first-order chi connectivity index (χ1) is 11.5. The first-order valence-corrected chi connectivity index (χ1v) is 8.75. The van der Waals surface area contributed by atoms with Crippen molar-refractivity contribution in [2.75, 3.05) is 18.4 Å². The van der Waals surface area contributed by atoms with Crippen LogP contribution in [-0.4, -0.2) is 28.9 Å². The molecule has 1 aliphatic heterocycles. The topological polar surface area (TPSA) is 45.2 Å². The predicted molar refractivity (Wildman–Crippen MR) is 98.3 cm³/mol. The standard InChI is InChI=1S/C18H19Cl2N3O/c1-12-4-3-7-23(11-12)18(24)13-8-14(10-21-9-13)22-16-6-2-5-15(19)17(16)20/h2,5-6,8-10,12,22H,3-4,7,11H2,1H3. The van der Waals surface area contributed by atoms with Crippen LogP contribution in [0.1, 0.15) is 30.1 Å². The number of rotatable bonds is 3. The van der Waals surface area contributed by atoms with E-state index in [0.29, 0.717) is 32.9 Å². The van der Waals surface area contributed by atoms with Crippen molar-refractivity contribution in [1.82, 2.24) is 9.88 Å². The third-order valence-electron chi connectivity index (χ3n) is 4.16. The molecular weight excluding hydrogens is 345 g/mol. The fourth-order valence-corrected chi connectivity index (χ4v) is 3.29. The van der Waals surface area contributed by atoms with Crippen molar-refractivity contribution >= 4 is 40.5 Å². The minimum Gasteiger partial charge on any atom is -0.353 e. The molecule has 1 fully saturated rings. The number of pyridine rings is 1. The third kappa shape index (κ3) is 3.82. The van der Waals surface area contributed by atoms with Crippen LogP contribution in [0.15, 0.2) is 36.7 Å². The lowest BCUT2D eigenvalue weighted by atomic mass is 10.00. The van der Waals surface area contributed by atoms with E-state index in [4.69, 9.17) is 23.2 Å². The van der Waals surface area contributed by atoms with Crippen molar-refractivity contribution in [3.63, 3.8) is 0 Å². The highest BCUT2D eigenvalue weighted by atomic mass is 35.5. The predicted octanol–water partition coefficient (Wildman–Crippen LogP) is 5.00. The molecule has 1 atom stereocenters. The molecule has 1 aliphatic rings. The Balaban J connectivity index is 1.79. The fourth-order valence-electron chi connectivity index (χ4n) is 2.94. The summed E-state index contributed by atoms with van der Waals surface area (Å²) in [4.78, 5) is 18.8. The molecule has 1 unspecified atom stereocenters. The number of piperidine rings is 1. The second kappa shape index (κ2) is 7.41. The van der Waals surface area contributed by atoms with Crippen LogP contribution in [0.3, 0.4) is 0 Å². The number of hydrogen-bond acceptors (Lipinski definition) is 3. The van der Waals surface area contributed by atoms with Gasteiger partial charge < -0.3 is 10.2 Å². The number of hydrogen-bond donors (Lipinski definition) is 1. The van der Waals surface area contributed by atoms with Gasteiger partial charge in [-0.2, -0.15) is 0 Å². The summed E-state index contributed by atoms with van der Waals surface area (Å²) in [6.45, 7) is 3.79. The van der Waals surface area contributed by atoms with Gasteiger partial charge in [-0.1, -0.05) is 36.2 Å². The van der Waals surface area contributed by atoms with Gasteiger partial charge in [-0.25, -0.2) is 0 Å². The van der Waals surface area contributed by atoms with Crippen LogP contribution in [0.25, 0.3) is 0 Å². The normalized spacial score (nSPS) is 17.6. The number of halogens is 2. The molecule has 1 saturated heterocycles. The van der Waals surface area contributed by atoms with Crippen LogP contribution in [0, 0.1) is 5.92 Å². The average molecular weight is 364 g/mol. The van der Waals surface area contributed by atoms with Crippen LogP contribution in [-0.2, 0) is 0 Å². The van der Waals surface area contributed by atoms with E-state index < -0.39 is 0 Å². The molecule has 1 amide bonds. The highest BCUT2D eigenvalue weighted by Gasteiger charge is 2.22. The Bertz CT molecular complexity index is 751. The van der Waals surface area contributed by atoms with E-state index in [1.165, 1.54) is 6.42 Å². The fraction of sp³-hybridized carbons (Fsp3) is 0.333. The van der Waals surface area contributed by atoms with Crippen molar-refractivity contribution in [1.29, 1.82) is 0 Å². The molecule has 2 aromatic rings. The molecule has 3 rings (SSSR count). The number of likely N-dealkylation sites (tertiary alicyclic amines) is 1. The second-order valence-corrected chi connectivity index (χ2v) is 6.97. The molecule has 0 bridgehead atoms. The molecule has 1 N–H and O–H groups in total. The molecular formula is C18H19Cl2N3O. The smallest absolute Gasteiger partial charge is 0.255 e. The number of anilines is 2. The highest BCUT2D eigenvalue weighted by Crippen LogP contribution is 2.31. The second-order valence-electron chi connectivity index (χ2n) is 6.19. The Hall–Kier alpha value is -1.78. The molecule has 0 radical (unpaired) electrons. The number of amides is 1. The van der Waals surface area contributed by atoms with E-state index in [-0.39, 0.29) is 5.91 Å². The molecule has 24 heavy (non-hydrogen) atoms. The first kappa shape index (κ1) is 17.1. The summed E-state index contributed by atoms with van der Waals surface area (Å²) in [6.07, 6.45) is 5.49. The Morgan fingerprint density at radius 1 is 1.33 bits per heavy atom. The summed E-state index contributed by atoms with van der Waals surface area (Å²) in [6, 6.07) is 7.17. The Morgan fingerprint density at radius 2 is 2.17 bits per heavy atom. The van der Waals surface area contributed by atoms with E-state index in [1.54, 1.807) is 24.5 Å². The van der Waals surface area contributed by atoms with E-state index in [1.807, 2.05) is 17.0 Å². The Kier molecular flexibility index (Phi) is 5.27. The highest BCUT2D eigenvalue weighted by molar-refractivity contribution is 6.43. The van der Waals surface area contributed by atoms with Crippen LogP contribution in [0.4, 0.5) is 11.4 Å². The molecule has 6 heteroatoms. The van der Waals surface area contributed by atoms with E-state index in [9.17, 15) is 4.79 Å². The van der Waals surface area contributed by atoms with Gasteiger partial charge in [0.25, 0.3) is 5.91 Å². The number of aromatic nitrogens is 1. The van der Waals surface area contributed by atoms with Crippen molar-refractivity contribution in [2.24, 2.45) is 5.92 Å². The maximum absolute atomic E-state index is 12.7. The lowest BCUT2D eigenvalue weighted by molar-refractivity contribution is 0.0682. The number of carbonyl (C=O) groups is 1. The van der Waals surface area contributed by atoms with Gasteiger partial charge in [0.1, 0.15) is 0 Å². The van der Waals surface area contributed by atoms with Gasteiger partial charge in [0.05, 0.1) is 33.2 Å². The van der Waals surface area contributed by atoms with Crippen molar-refractivity contribution < 1.29 is 4.79 Å². The minimum atomic E-state index is 0.0230. The maximum atomic E-state index is 12.7. The summed E-state index contributed by atoms with van der Waals surface area (Å²) in [5.41, 5.74) is 1.96. The lowest BCUT2D eigenvalue weighted by Crippen LogP contribution is -2.39. The number of carbonyl (C=O) groups excluding carboxylic acids is 1. The largest absolute Gasteiger partial charge is 0.353 e. The van der Waals surface area contributed by atoms with Gasteiger partial charge in [0.2, 0.25) is 0 Å². The van der Waals surface area contributed by atoms with Crippen molar-refractivity contribution in [3.05, 3.63) is 52.3 Å². The summed E-state index contributed by atoms with van der Waals surface area (Å²) in [5.74, 6) is 0.567. The molecule has 1 aromatic carbocycles. The molecule has 0 saturated carbocycles. The van der Waals surface area contributed by atoms with Crippen LogP contribution in [0.2, 0.25) is 10.0 Å². The zero-order valence-electron chi connectivity index (χ0n) is 13.4.